The molecule has 102 valence electrons. The molecule has 1 N–H and O–H groups in total. The summed E-state index contributed by atoms with van der Waals surface area (Å²) in [5, 5.41) is 9.14. The van der Waals surface area contributed by atoms with Gasteiger partial charge in [-0.05, 0) is 38.7 Å². The fraction of sp³-hybridized carbons (Fsp3) is 0.467. The van der Waals surface area contributed by atoms with Crippen molar-refractivity contribution in [3.8, 4) is 0 Å². The van der Waals surface area contributed by atoms with Gasteiger partial charge in [-0.25, -0.2) is 9.59 Å². The van der Waals surface area contributed by atoms with Crippen molar-refractivity contribution in [2.75, 3.05) is 0 Å². The van der Waals surface area contributed by atoms with Crippen molar-refractivity contribution in [1.82, 2.24) is 0 Å². The Kier molecular flexibility index (Phi) is 3.88. The smallest absolute Gasteiger partial charge is 0.334 e. The third-order valence-electron chi connectivity index (χ3n) is 3.73. The van der Waals surface area contributed by atoms with Gasteiger partial charge in [0.15, 0.2) is 0 Å². The van der Waals surface area contributed by atoms with Crippen LogP contribution < -0.4 is 0 Å². The second-order valence-electron chi connectivity index (χ2n) is 5.13. The van der Waals surface area contributed by atoms with Gasteiger partial charge >= 0.3 is 11.9 Å². The minimum absolute atomic E-state index is 0.108. The van der Waals surface area contributed by atoms with Crippen LogP contribution in [0.3, 0.4) is 0 Å². The minimum atomic E-state index is -0.880. The highest BCUT2D eigenvalue weighted by molar-refractivity contribution is 5.91. The Morgan fingerprint density at radius 1 is 1.47 bits per heavy atom. The zero-order valence-electron chi connectivity index (χ0n) is 11.0. The molecule has 0 radical (unpaired) electrons. The van der Waals surface area contributed by atoms with E-state index in [0.29, 0.717) is 30.4 Å². The summed E-state index contributed by atoms with van der Waals surface area (Å²) in [6.07, 6.45) is 5.98. The quantitative estimate of drug-likeness (QED) is 0.448. The molecule has 2 rings (SSSR count). The zero-order valence-corrected chi connectivity index (χ0v) is 11.0. The Bertz CT molecular complexity index is 484. The van der Waals surface area contributed by atoms with Gasteiger partial charge < -0.3 is 9.84 Å². The SMILES string of the molecule is C=C1C(=O)O[C@@H]2/C=C(/C)CC/C=C(/C(=O)O)CC[C@H]12. The van der Waals surface area contributed by atoms with Crippen molar-refractivity contribution < 1.29 is 19.4 Å². The van der Waals surface area contributed by atoms with Gasteiger partial charge in [0.1, 0.15) is 6.10 Å². The van der Waals surface area contributed by atoms with E-state index in [1.54, 1.807) is 6.08 Å². The largest absolute Gasteiger partial charge is 0.478 e. The van der Waals surface area contributed by atoms with Gasteiger partial charge in [0.05, 0.1) is 0 Å². The number of carbonyl (C=O) groups is 2. The molecule has 2 aliphatic rings. The molecule has 4 nitrogen and oxygen atoms in total. The summed E-state index contributed by atoms with van der Waals surface area (Å²) in [5.74, 6) is -1.35. The summed E-state index contributed by atoms with van der Waals surface area (Å²) in [5.41, 5.74) is 1.99. The number of carboxylic acids is 1. The fourth-order valence-corrected chi connectivity index (χ4v) is 2.56. The molecule has 0 spiro atoms. The molecule has 0 aromatic rings. The summed E-state index contributed by atoms with van der Waals surface area (Å²) >= 11 is 0. The standard InChI is InChI=1S/C15H18O4/c1-9-4-3-5-11(14(16)17)6-7-12-10(2)15(18)19-13(12)8-9/h5,8,12-13H,2-4,6-7H2,1H3,(H,16,17)/b9-8-,11-5+/t12-,13-/m1/s1. The van der Waals surface area contributed by atoms with E-state index in [0.717, 1.165) is 12.0 Å². The first-order chi connectivity index (χ1) is 8.99. The first-order valence-corrected chi connectivity index (χ1v) is 6.48. The molecule has 4 heteroatoms. The molecule has 2 atom stereocenters. The zero-order chi connectivity index (χ0) is 14.0. The van der Waals surface area contributed by atoms with Crippen LogP contribution in [0.5, 0.6) is 0 Å². The van der Waals surface area contributed by atoms with Crippen LogP contribution in [-0.2, 0) is 14.3 Å². The first kappa shape index (κ1) is 13.6. The lowest BCUT2D eigenvalue weighted by Crippen LogP contribution is -2.16. The Morgan fingerprint density at radius 3 is 2.89 bits per heavy atom. The van der Waals surface area contributed by atoms with Crippen LogP contribution in [0.4, 0.5) is 0 Å². The lowest BCUT2D eigenvalue weighted by molar-refractivity contribution is -0.137. The van der Waals surface area contributed by atoms with Crippen molar-refractivity contribution >= 4 is 11.9 Å². The Balaban J connectivity index is 2.26. The highest BCUT2D eigenvalue weighted by Gasteiger charge is 2.37. The number of carbonyl (C=O) groups excluding carboxylic acids is 1. The molecule has 0 saturated carbocycles. The number of carboxylic acid groups (broad SMARTS) is 1. The predicted molar refractivity (Wildman–Crippen MR) is 70.5 cm³/mol. The lowest BCUT2D eigenvalue weighted by atomic mass is 9.88. The molecule has 1 heterocycles. The maximum absolute atomic E-state index is 11.6. The molecule has 1 fully saturated rings. The molecule has 1 aliphatic heterocycles. The van der Waals surface area contributed by atoms with Gasteiger partial charge in [0.25, 0.3) is 0 Å². The summed E-state index contributed by atoms with van der Waals surface area (Å²) < 4.78 is 5.29. The predicted octanol–water partition coefficient (Wildman–Crippen LogP) is 2.62. The van der Waals surface area contributed by atoms with Crippen LogP contribution >= 0.6 is 0 Å². The van der Waals surface area contributed by atoms with E-state index in [2.05, 4.69) is 6.58 Å². The lowest BCUT2D eigenvalue weighted by Gasteiger charge is -2.17. The number of fused-ring (bicyclic) bond motifs is 1. The Morgan fingerprint density at radius 2 is 2.21 bits per heavy atom. The molecule has 19 heavy (non-hydrogen) atoms. The average molecular weight is 262 g/mol. The minimum Gasteiger partial charge on any atom is -0.478 e. The van der Waals surface area contributed by atoms with E-state index < -0.39 is 5.97 Å². The third-order valence-corrected chi connectivity index (χ3v) is 3.73. The highest BCUT2D eigenvalue weighted by Crippen LogP contribution is 2.34. The van der Waals surface area contributed by atoms with Gasteiger partial charge in [-0.3, -0.25) is 0 Å². The van der Waals surface area contributed by atoms with Crippen molar-refractivity contribution in [2.45, 2.75) is 38.7 Å². The van der Waals surface area contributed by atoms with Crippen molar-refractivity contribution in [3.05, 3.63) is 35.5 Å². The van der Waals surface area contributed by atoms with Gasteiger partial charge in [-0.2, -0.15) is 0 Å². The highest BCUT2D eigenvalue weighted by atomic mass is 16.5. The van der Waals surface area contributed by atoms with Crippen LogP contribution in [-0.4, -0.2) is 23.1 Å². The van der Waals surface area contributed by atoms with E-state index in [4.69, 9.17) is 9.84 Å². The molecular formula is C15H18O4. The molecule has 1 saturated heterocycles. The number of esters is 1. The average Bonchev–Trinajstić information content (AvgIpc) is 2.60. The number of rotatable bonds is 1. The molecule has 0 aromatic carbocycles. The number of allylic oxidation sites excluding steroid dienone is 2. The van der Waals surface area contributed by atoms with Crippen LogP contribution in [0.15, 0.2) is 35.5 Å². The van der Waals surface area contributed by atoms with Crippen molar-refractivity contribution in [3.63, 3.8) is 0 Å². The monoisotopic (exact) mass is 262 g/mol. The number of aliphatic carboxylic acids is 1. The number of hydrogen-bond acceptors (Lipinski definition) is 3. The maximum atomic E-state index is 11.6. The van der Waals surface area contributed by atoms with Gasteiger partial charge in [-0.15, -0.1) is 0 Å². The molecule has 0 unspecified atom stereocenters. The molecule has 0 amide bonds. The topological polar surface area (TPSA) is 63.6 Å². The first-order valence-electron chi connectivity index (χ1n) is 6.48. The van der Waals surface area contributed by atoms with Gasteiger partial charge in [-0.1, -0.05) is 18.2 Å². The van der Waals surface area contributed by atoms with E-state index in [1.807, 2.05) is 13.0 Å². The summed E-state index contributed by atoms with van der Waals surface area (Å²) in [7, 11) is 0. The number of ether oxygens (including phenoxy) is 1. The van der Waals surface area contributed by atoms with Crippen LogP contribution in [0.2, 0.25) is 0 Å². The van der Waals surface area contributed by atoms with Crippen LogP contribution in [0.25, 0.3) is 0 Å². The molecule has 1 aliphatic carbocycles. The normalized spacial score (nSPS) is 33.5. The summed E-state index contributed by atoms with van der Waals surface area (Å²) in [6.45, 7) is 5.74. The van der Waals surface area contributed by atoms with Gasteiger partial charge in [0, 0.05) is 17.1 Å². The fourth-order valence-electron chi connectivity index (χ4n) is 2.56. The van der Waals surface area contributed by atoms with Crippen LogP contribution in [0.1, 0.15) is 32.6 Å². The Hall–Kier alpha value is -1.84. The maximum Gasteiger partial charge on any atom is 0.334 e. The third kappa shape index (κ3) is 2.95. The van der Waals surface area contributed by atoms with Crippen molar-refractivity contribution in [2.24, 2.45) is 5.92 Å². The molecular weight excluding hydrogens is 244 g/mol. The summed E-state index contributed by atoms with van der Waals surface area (Å²) in [6, 6.07) is 0. The van der Waals surface area contributed by atoms with E-state index in [1.165, 1.54) is 0 Å². The Labute approximate surface area is 112 Å². The second kappa shape index (κ2) is 5.43. The molecule has 0 aromatic heterocycles. The second-order valence-corrected chi connectivity index (χ2v) is 5.13. The van der Waals surface area contributed by atoms with Gasteiger partial charge in [0.2, 0.25) is 0 Å². The van der Waals surface area contributed by atoms with Crippen molar-refractivity contribution in [1.29, 1.82) is 0 Å². The summed E-state index contributed by atoms with van der Waals surface area (Å²) in [4.78, 5) is 22.7. The number of hydrogen-bond donors (Lipinski definition) is 1. The van der Waals surface area contributed by atoms with Crippen LogP contribution in [0, 0.1) is 5.92 Å². The van der Waals surface area contributed by atoms with E-state index >= 15 is 0 Å². The molecule has 0 bridgehead atoms. The van der Waals surface area contributed by atoms with E-state index in [9.17, 15) is 9.59 Å². The van der Waals surface area contributed by atoms with E-state index in [-0.39, 0.29) is 18.0 Å².